The van der Waals surface area contributed by atoms with Crippen LogP contribution in [0.25, 0.3) is 0 Å². The molecule has 144 valence electrons. The highest BCUT2D eigenvalue weighted by Gasteiger charge is 2.16. The number of benzene rings is 3. The number of halogens is 2. The summed E-state index contributed by atoms with van der Waals surface area (Å²) < 4.78 is 27.7. The van der Waals surface area contributed by atoms with Gasteiger partial charge in [-0.3, -0.25) is 9.52 Å². The van der Waals surface area contributed by atoms with Gasteiger partial charge in [-0.05, 0) is 55.0 Å². The van der Waals surface area contributed by atoms with Crippen molar-refractivity contribution >= 4 is 50.5 Å². The van der Waals surface area contributed by atoms with Crippen LogP contribution in [0.4, 0.5) is 11.4 Å². The number of amides is 1. The van der Waals surface area contributed by atoms with Crippen LogP contribution in [0.3, 0.4) is 0 Å². The molecule has 1 amide bonds. The molecule has 3 rings (SSSR count). The quantitative estimate of drug-likeness (QED) is 0.567. The van der Waals surface area contributed by atoms with E-state index >= 15 is 0 Å². The summed E-state index contributed by atoms with van der Waals surface area (Å²) in [7, 11) is -3.74. The van der Waals surface area contributed by atoms with Crippen molar-refractivity contribution in [3.05, 3.63) is 87.9 Å². The van der Waals surface area contributed by atoms with E-state index in [2.05, 4.69) is 10.0 Å². The fourth-order valence-corrected chi connectivity index (χ4v) is 4.12. The van der Waals surface area contributed by atoms with E-state index in [1.807, 2.05) is 0 Å². The van der Waals surface area contributed by atoms with E-state index in [0.717, 1.165) is 0 Å². The fraction of sp³-hybridized carbons (Fsp3) is 0.0500. The van der Waals surface area contributed by atoms with Crippen LogP contribution in [-0.4, -0.2) is 14.3 Å². The van der Waals surface area contributed by atoms with Crippen LogP contribution in [0, 0.1) is 6.92 Å². The average molecular weight is 435 g/mol. The Hall–Kier alpha value is -2.54. The second-order valence-corrected chi connectivity index (χ2v) is 8.55. The zero-order chi connectivity index (χ0) is 20.3. The van der Waals surface area contributed by atoms with Gasteiger partial charge < -0.3 is 5.32 Å². The Bertz CT molecular complexity index is 1130. The minimum atomic E-state index is -3.74. The van der Waals surface area contributed by atoms with Gasteiger partial charge in [-0.1, -0.05) is 47.5 Å². The van der Waals surface area contributed by atoms with E-state index in [4.69, 9.17) is 23.2 Å². The van der Waals surface area contributed by atoms with Crippen molar-refractivity contribution in [3.63, 3.8) is 0 Å². The first-order valence-corrected chi connectivity index (χ1v) is 10.4. The van der Waals surface area contributed by atoms with E-state index < -0.39 is 15.9 Å². The number of hydrogen-bond acceptors (Lipinski definition) is 3. The maximum atomic E-state index is 12.6. The molecule has 0 aromatic heterocycles. The smallest absolute Gasteiger partial charge is 0.261 e. The first-order chi connectivity index (χ1) is 13.3. The normalized spacial score (nSPS) is 11.1. The fourth-order valence-electron chi connectivity index (χ4n) is 2.49. The zero-order valence-corrected chi connectivity index (χ0v) is 17.1. The molecule has 3 aromatic rings. The monoisotopic (exact) mass is 434 g/mol. The van der Waals surface area contributed by atoms with Gasteiger partial charge in [0.1, 0.15) is 0 Å². The van der Waals surface area contributed by atoms with E-state index in [-0.39, 0.29) is 15.5 Å². The van der Waals surface area contributed by atoms with Crippen LogP contribution in [0.2, 0.25) is 10.0 Å². The molecule has 0 aliphatic heterocycles. The van der Waals surface area contributed by atoms with Crippen LogP contribution >= 0.6 is 23.2 Å². The molecule has 2 N–H and O–H groups in total. The molecule has 0 aliphatic rings. The van der Waals surface area contributed by atoms with Gasteiger partial charge in [0.15, 0.2) is 0 Å². The molecule has 0 atom stereocenters. The van der Waals surface area contributed by atoms with Gasteiger partial charge in [-0.25, -0.2) is 8.42 Å². The average Bonchev–Trinajstić information content (AvgIpc) is 2.65. The number of carbonyl (C=O) groups is 1. The van der Waals surface area contributed by atoms with Gasteiger partial charge in [-0.2, -0.15) is 0 Å². The standard InChI is InChI=1S/C20H16Cl2N2O3S/c1-13-7-9-15(23-20(25)17-10-8-14(21)11-18(17)22)12-19(13)24-28(26,27)16-5-3-2-4-6-16/h2-12,24H,1H3,(H,23,25). The predicted molar refractivity (Wildman–Crippen MR) is 113 cm³/mol. The third kappa shape index (κ3) is 4.65. The highest BCUT2D eigenvalue weighted by Crippen LogP contribution is 2.26. The molecule has 0 unspecified atom stereocenters. The molecule has 8 heteroatoms. The summed E-state index contributed by atoms with van der Waals surface area (Å²) in [6.07, 6.45) is 0. The Morgan fingerprint density at radius 1 is 0.929 bits per heavy atom. The summed E-state index contributed by atoms with van der Waals surface area (Å²) in [5.74, 6) is -0.428. The Labute approximate surface area is 173 Å². The Morgan fingerprint density at radius 2 is 1.64 bits per heavy atom. The number of sulfonamides is 1. The van der Waals surface area contributed by atoms with Crippen LogP contribution in [-0.2, 0) is 10.0 Å². The number of hydrogen-bond donors (Lipinski definition) is 2. The molecule has 0 radical (unpaired) electrons. The minimum absolute atomic E-state index is 0.150. The van der Waals surface area contributed by atoms with Gasteiger partial charge in [0, 0.05) is 10.7 Å². The molecule has 5 nitrogen and oxygen atoms in total. The summed E-state index contributed by atoms with van der Waals surface area (Å²) in [4.78, 5) is 12.6. The second-order valence-electron chi connectivity index (χ2n) is 6.03. The van der Waals surface area contributed by atoms with E-state index in [1.54, 1.807) is 49.4 Å². The maximum Gasteiger partial charge on any atom is 0.261 e. The summed E-state index contributed by atoms with van der Waals surface area (Å²) in [5, 5.41) is 3.36. The number of carbonyl (C=O) groups excluding carboxylic acids is 1. The van der Waals surface area contributed by atoms with Crippen molar-refractivity contribution in [2.45, 2.75) is 11.8 Å². The van der Waals surface area contributed by atoms with Crippen molar-refractivity contribution in [2.24, 2.45) is 0 Å². The van der Waals surface area contributed by atoms with Crippen LogP contribution < -0.4 is 10.0 Å². The molecular formula is C20H16Cl2N2O3S. The molecule has 0 spiro atoms. The number of rotatable bonds is 5. The van der Waals surface area contributed by atoms with Crippen LogP contribution in [0.5, 0.6) is 0 Å². The molecule has 0 fully saturated rings. The number of nitrogens with one attached hydrogen (secondary N) is 2. The summed E-state index contributed by atoms with van der Waals surface area (Å²) in [6.45, 7) is 1.77. The summed E-state index contributed by atoms with van der Waals surface area (Å²) in [5.41, 5.74) is 1.76. The van der Waals surface area contributed by atoms with Crippen molar-refractivity contribution in [2.75, 3.05) is 10.0 Å². The first-order valence-electron chi connectivity index (χ1n) is 8.21. The Kier molecular flexibility index (Phi) is 5.93. The first kappa shape index (κ1) is 20.2. The SMILES string of the molecule is Cc1ccc(NC(=O)c2ccc(Cl)cc2Cl)cc1NS(=O)(=O)c1ccccc1. The van der Waals surface area contributed by atoms with Gasteiger partial charge >= 0.3 is 0 Å². The zero-order valence-electron chi connectivity index (χ0n) is 14.7. The topological polar surface area (TPSA) is 75.3 Å². The van der Waals surface area contributed by atoms with Gasteiger partial charge in [0.25, 0.3) is 15.9 Å². The lowest BCUT2D eigenvalue weighted by molar-refractivity contribution is 0.102. The van der Waals surface area contributed by atoms with Crippen molar-refractivity contribution in [3.8, 4) is 0 Å². The lowest BCUT2D eigenvalue weighted by Crippen LogP contribution is -2.15. The third-order valence-electron chi connectivity index (χ3n) is 3.97. The lowest BCUT2D eigenvalue weighted by Gasteiger charge is -2.13. The Balaban J connectivity index is 1.84. The number of anilines is 2. The maximum absolute atomic E-state index is 12.6. The highest BCUT2D eigenvalue weighted by atomic mass is 35.5. The number of aryl methyl sites for hydroxylation is 1. The van der Waals surface area contributed by atoms with Crippen molar-refractivity contribution in [1.82, 2.24) is 0 Å². The predicted octanol–water partition coefficient (Wildman–Crippen LogP) is 5.35. The van der Waals surface area contributed by atoms with Crippen molar-refractivity contribution < 1.29 is 13.2 Å². The van der Waals surface area contributed by atoms with Gasteiger partial charge in [0.05, 0.1) is 21.2 Å². The Morgan fingerprint density at radius 3 is 2.32 bits per heavy atom. The molecule has 3 aromatic carbocycles. The van der Waals surface area contributed by atoms with Gasteiger partial charge in [0.2, 0.25) is 0 Å². The summed E-state index contributed by atoms with van der Waals surface area (Å²) in [6, 6.07) is 17.6. The molecule has 28 heavy (non-hydrogen) atoms. The highest BCUT2D eigenvalue weighted by molar-refractivity contribution is 7.92. The molecule has 0 saturated heterocycles. The molecule has 0 bridgehead atoms. The minimum Gasteiger partial charge on any atom is -0.322 e. The second kappa shape index (κ2) is 8.22. The molecular weight excluding hydrogens is 419 g/mol. The molecule has 0 aliphatic carbocycles. The third-order valence-corrected chi connectivity index (χ3v) is 5.90. The lowest BCUT2D eigenvalue weighted by atomic mass is 10.1. The van der Waals surface area contributed by atoms with E-state index in [1.165, 1.54) is 24.3 Å². The van der Waals surface area contributed by atoms with Crippen LogP contribution in [0.1, 0.15) is 15.9 Å². The molecule has 0 saturated carbocycles. The molecule has 0 heterocycles. The largest absolute Gasteiger partial charge is 0.322 e. The van der Waals surface area contributed by atoms with E-state index in [0.29, 0.717) is 22.0 Å². The summed E-state index contributed by atoms with van der Waals surface area (Å²) >= 11 is 11.9. The van der Waals surface area contributed by atoms with Gasteiger partial charge in [-0.15, -0.1) is 0 Å². The van der Waals surface area contributed by atoms with Crippen LogP contribution in [0.15, 0.2) is 71.6 Å². The van der Waals surface area contributed by atoms with E-state index in [9.17, 15) is 13.2 Å². The van der Waals surface area contributed by atoms with Crippen molar-refractivity contribution in [1.29, 1.82) is 0 Å².